The smallest absolute Gasteiger partial charge is 0.234 e. The van der Waals surface area contributed by atoms with Crippen LogP contribution in [0.3, 0.4) is 0 Å². The molecule has 0 aliphatic carbocycles. The summed E-state index contributed by atoms with van der Waals surface area (Å²) in [6, 6.07) is 23.7. The quantitative estimate of drug-likeness (QED) is 0.392. The molecule has 1 amide bonds. The van der Waals surface area contributed by atoms with Crippen LogP contribution in [-0.4, -0.2) is 33.5 Å². The lowest BCUT2D eigenvalue weighted by molar-refractivity contribution is -0.113. The van der Waals surface area contributed by atoms with Gasteiger partial charge in [-0.3, -0.25) is 9.36 Å². The number of aryl methyl sites for hydroxylation is 2. The molecule has 0 saturated carbocycles. The number of benzene rings is 3. The van der Waals surface area contributed by atoms with Crippen LogP contribution in [0, 0.1) is 13.8 Å². The van der Waals surface area contributed by atoms with Crippen LogP contribution < -0.4 is 10.1 Å². The van der Waals surface area contributed by atoms with Crippen LogP contribution in [0.5, 0.6) is 5.75 Å². The molecule has 0 aliphatic rings. The van der Waals surface area contributed by atoms with Gasteiger partial charge >= 0.3 is 0 Å². The molecule has 0 bridgehead atoms. The Labute approximate surface area is 191 Å². The van der Waals surface area contributed by atoms with E-state index < -0.39 is 0 Å². The molecule has 4 rings (SSSR count). The molecule has 0 unspecified atom stereocenters. The summed E-state index contributed by atoms with van der Waals surface area (Å²) in [4.78, 5) is 12.7. The van der Waals surface area contributed by atoms with Crippen molar-refractivity contribution < 1.29 is 9.53 Å². The Morgan fingerprint density at radius 2 is 1.75 bits per heavy atom. The number of aromatic nitrogens is 3. The molecule has 0 fully saturated rings. The maximum absolute atomic E-state index is 12.7. The molecule has 0 radical (unpaired) electrons. The van der Waals surface area contributed by atoms with Crippen molar-refractivity contribution in [2.75, 3.05) is 18.2 Å². The number of anilines is 1. The van der Waals surface area contributed by atoms with Gasteiger partial charge in [0.1, 0.15) is 5.75 Å². The summed E-state index contributed by atoms with van der Waals surface area (Å²) in [5.74, 6) is 1.42. The Bertz CT molecular complexity index is 1240. The van der Waals surface area contributed by atoms with E-state index in [0.717, 1.165) is 28.2 Å². The molecule has 0 saturated heterocycles. The lowest BCUT2D eigenvalue weighted by Crippen LogP contribution is -2.15. The molecule has 32 heavy (non-hydrogen) atoms. The summed E-state index contributed by atoms with van der Waals surface area (Å²) in [5, 5.41) is 12.4. The second-order valence-electron chi connectivity index (χ2n) is 7.39. The first-order chi connectivity index (χ1) is 15.5. The molecular formula is C25H24N4O2S. The Morgan fingerprint density at radius 3 is 2.50 bits per heavy atom. The molecule has 7 heteroatoms. The van der Waals surface area contributed by atoms with Crippen LogP contribution in [0.2, 0.25) is 0 Å². The average Bonchev–Trinajstić information content (AvgIpc) is 3.22. The highest BCUT2D eigenvalue weighted by atomic mass is 32.2. The van der Waals surface area contributed by atoms with E-state index in [1.165, 1.54) is 11.8 Å². The largest absolute Gasteiger partial charge is 0.495 e. The van der Waals surface area contributed by atoms with Gasteiger partial charge in [0.2, 0.25) is 5.91 Å². The summed E-state index contributed by atoms with van der Waals surface area (Å²) in [6.45, 7) is 4.02. The molecule has 6 nitrogen and oxygen atoms in total. The van der Waals surface area contributed by atoms with E-state index in [1.807, 2.05) is 85.1 Å². The minimum absolute atomic E-state index is 0.140. The number of thioether (sulfide) groups is 1. The minimum atomic E-state index is -0.140. The van der Waals surface area contributed by atoms with E-state index in [-0.39, 0.29) is 11.7 Å². The first-order valence-electron chi connectivity index (χ1n) is 10.2. The normalized spacial score (nSPS) is 10.7. The Balaban J connectivity index is 1.59. The number of nitrogens with one attached hydrogen (secondary N) is 1. The number of rotatable bonds is 7. The molecule has 4 aromatic rings. The third-order valence-electron chi connectivity index (χ3n) is 4.89. The fourth-order valence-corrected chi connectivity index (χ4v) is 4.13. The zero-order chi connectivity index (χ0) is 22.5. The number of hydrogen-bond acceptors (Lipinski definition) is 5. The van der Waals surface area contributed by atoms with E-state index in [9.17, 15) is 4.79 Å². The number of carbonyl (C=O) groups excluding carboxylic acids is 1. The van der Waals surface area contributed by atoms with Crippen molar-refractivity contribution in [1.82, 2.24) is 14.8 Å². The Morgan fingerprint density at radius 1 is 0.969 bits per heavy atom. The van der Waals surface area contributed by atoms with Crippen LogP contribution in [0.15, 0.2) is 78.0 Å². The monoisotopic (exact) mass is 444 g/mol. The van der Waals surface area contributed by atoms with Crippen molar-refractivity contribution in [1.29, 1.82) is 0 Å². The van der Waals surface area contributed by atoms with E-state index in [4.69, 9.17) is 4.74 Å². The van der Waals surface area contributed by atoms with Gasteiger partial charge in [0.05, 0.1) is 18.6 Å². The number of ether oxygens (including phenoxy) is 1. The Kier molecular flexibility index (Phi) is 6.56. The van der Waals surface area contributed by atoms with E-state index in [2.05, 4.69) is 21.6 Å². The molecule has 0 spiro atoms. The van der Waals surface area contributed by atoms with Gasteiger partial charge in [0, 0.05) is 11.3 Å². The molecule has 3 aromatic carbocycles. The van der Waals surface area contributed by atoms with Gasteiger partial charge in [-0.25, -0.2) is 0 Å². The standard InChI is InChI=1S/C25H24N4O2S/c1-17-8-7-9-19(14-17)24-27-28-25(29(24)20-10-5-4-6-11-20)32-16-23(30)26-21-15-18(2)12-13-22(21)31-3/h4-15H,16H2,1-3H3,(H,26,30). The second-order valence-corrected chi connectivity index (χ2v) is 8.33. The van der Waals surface area contributed by atoms with E-state index in [0.29, 0.717) is 16.6 Å². The van der Waals surface area contributed by atoms with Crippen LogP contribution in [0.1, 0.15) is 11.1 Å². The number of amides is 1. The maximum Gasteiger partial charge on any atom is 0.234 e. The molecule has 0 aliphatic heterocycles. The predicted molar refractivity (Wildman–Crippen MR) is 129 cm³/mol. The highest BCUT2D eigenvalue weighted by Gasteiger charge is 2.18. The third-order valence-corrected chi connectivity index (χ3v) is 5.81. The van der Waals surface area contributed by atoms with Gasteiger partial charge in [0.25, 0.3) is 0 Å². The third kappa shape index (κ3) is 4.84. The number of hydrogen-bond donors (Lipinski definition) is 1. The summed E-state index contributed by atoms with van der Waals surface area (Å²) in [5.41, 5.74) is 4.76. The molecule has 1 heterocycles. The van der Waals surface area contributed by atoms with Crippen molar-refractivity contribution in [2.24, 2.45) is 0 Å². The maximum atomic E-state index is 12.7. The first-order valence-corrected chi connectivity index (χ1v) is 11.2. The lowest BCUT2D eigenvalue weighted by atomic mass is 10.1. The SMILES string of the molecule is COc1ccc(C)cc1NC(=O)CSc1nnc(-c2cccc(C)c2)n1-c1ccccc1. The van der Waals surface area contributed by atoms with Gasteiger partial charge in [-0.05, 0) is 49.7 Å². The minimum Gasteiger partial charge on any atom is -0.495 e. The zero-order valence-electron chi connectivity index (χ0n) is 18.2. The van der Waals surface area contributed by atoms with Crippen LogP contribution in [0.25, 0.3) is 17.1 Å². The van der Waals surface area contributed by atoms with Gasteiger partial charge in [-0.15, -0.1) is 10.2 Å². The second kappa shape index (κ2) is 9.70. The van der Waals surface area contributed by atoms with Crippen molar-refractivity contribution in [3.63, 3.8) is 0 Å². The molecular weight excluding hydrogens is 420 g/mol. The zero-order valence-corrected chi connectivity index (χ0v) is 19.0. The van der Waals surface area contributed by atoms with Crippen LogP contribution in [-0.2, 0) is 4.79 Å². The molecule has 1 aromatic heterocycles. The first kappa shape index (κ1) is 21.6. The van der Waals surface area contributed by atoms with Gasteiger partial charge in [0.15, 0.2) is 11.0 Å². The highest BCUT2D eigenvalue weighted by Crippen LogP contribution is 2.29. The van der Waals surface area contributed by atoms with Crippen molar-refractivity contribution >= 4 is 23.4 Å². The predicted octanol–water partition coefficient (Wildman–Crippen LogP) is 5.29. The number of carbonyl (C=O) groups is 1. The fraction of sp³-hybridized carbons (Fsp3) is 0.160. The summed E-state index contributed by atoms with van der Waals surface area (Å²) >= 11 is 1.34. The topological polar surface area (TPSA) is 69.0 Å². The van der Waals surface area contributed by atoms with E-state index >= 15 is 0 Å². The van der Waals surface area contributed by atoms with Crippen LogP contribution >= 0.6 is 11.8 Å². The average molecular weight is 445 g/mol. The summed E-state index contributed by atoms with van der Waals surface area (Å²) < 4.78 is 7.34. The van der Waals surface area contributed by atoms with Crippen LogP contribution in [0.4, 0.5) is 5.69 Å². The van der Waals surface area contributed by atoms with Gasteiger partial charge < -0.3 is 10.1 Å². The number of nitrogens with zero attached hydrogens (tertiary/aromatic N) is 3. The number of methoxy groups -OCH3 is 1. The lowest BCUT2D eigenvalue weighted by Gasteiger charge is -2.12. The van der Waals surface area contributed by atoms with Crippen molar-refractivity contribution in [3.8, 4) is 22.8 Å². The fourth-order valence-electron chi connectivity index (χ4n) is 3.38. The highest BCUT2D eigenvalue weighted by molar-refractivity contribution is 7.99. The Hall–Kier alpha value is -3.58. The van der Waals surface area contributed by atoms with Gasteiger partial charge in [-0.2, -0.15) is 0 Å². The molecule has 1 N–H and O–H groups in total. The summed E-state index contributed by atoms with van der Waals surface area (Å²) in [6.07, 6.45) is 0. The van der Waals surface area contributed by atoms with E-state index in [1.54, 1.807) is 7.11 Å². The number of para-hydroxylation sites is 1. The van der Waals surface area contributed by atoms with Crippen molar-refractivity contribution in [3.05, 3.63) is 83.9 Å². The molecule has 162 valence electrons. The molecule has 0 atom stereocenters. The van der Waals surface area contributed by atoms with Gasteiger partial charge in [-0.1, -0.05) is 59.8 Å². The van der Waals surface area contributed by atoms with Crippen molar-refractivity contribution in [2.45, 2.75) is 19.0 Å². The summed E-state index contributed by atoms with van der Waals surface area (Å²) in [7, 11) is 1.59.